The Labute approximate surface area is 65.5 Å². The van der Waals surface area contributed by atoms with Gasteiger partial charge in [0.15, 0.2) is 0 Å². The first kappa shape index (κ1) is 7.79. The third-order valence-corrected chi connectivity index (χ3v) is 1.45. The van der Waals surface area contributed by atoms with Crippen LogP contribution in [0.5, 0.6) is 0 Å². The number of carbonyl (C=O) groups is 1. The average Bonchev–Trinajstić information content (AvgIpc) is 2.36. The number of rotatable bonds is 2. The smallest absolute Gasteiger partial charge is 0.143 e. The molecule has 1 aromatic heterocycles. The van der Waals surface area contributed by atoms with Crippen molar-refractivity contribution >= 4 is 11.9 Å². The summed E-state index contributed by atoms with van der Waals surface area (Å²) in [6.07, 6.45) is 2.24. The molecule has 1 aromatic rings. The Morgan fingerprint density at radius 2 is 2.27 bits per heavy atom. The molecule has 0 bridgehead atoms. The van der Waals surface area contributed by atoms with E-state index in [9.17, 15) is 4.79 Å². The zero-order valence-corrected chi connectivity index (χ0v) is 6.63. The minimum absolute atomic E-state index is 0.757. The van der Waals surface area contributed by atoms with Gasteiger partial charge in [-0.3, -0.25) is 4.79 Å². The van der Waals surface area contributed by atoms with Crippen LogP contribution in [0.1, 0.15) is 18.4 Å². The maximum Gasteiger partial charge on any atom is 0.143 e. The first-order valence-electron chi connectivity index (χ1n) is 3.43. The third kappa shape index (κ3) is 1.80. The van der Waals surface area contributed by atoms with Crippen molar-refractivity contribution in [3.63, 3.8) is 0 Å². The zero-order valence-electron chi connectivity index (χ0n) is 6.63. The molecule has 0 aliphatic rings. The molecule has 0 fully saturated rings. The lowest BCUT2D eigenvalue weighted by molar-refractivity contribution is -0.104. The molecular formula is C9H10O2. The Morgan fingerprint density at radius 3 is 2.73 bits per heavy atom. The van der Waals surface area contributed by atoms with Crippen molar-refractivity contribution < 1.29 is 9.21 Å². The van der Waals surface area contributed by atoms with Gasteiger partial charge in [0.05, 0.1) is 0 Å². The summed E-state index contributed by atoms with van der Waals surface area (Å²) in [7, 11) is 0. The van der Waals surface area contributed by atoms with Crippen LogP contribution in [0.15, 0.2) is 22.6 Å². The van der Waals surface area contributed by atoms with E-state index in [1.54, 1.807) is 0 Å². The summed E-state index contributed by atoms with van der Waals surface area (Å²) >= 11 is 0. The standard InChI is InChI=1S/C9H10O2/c1-7(5-6-10)9-4-3-8(2)11-9/h3-6H,1-2H3/b7-5-. The fourth-order valence-corrected chi connectivity index (χ4v) is 0.831. The predicted molar refractivity (Wildman–Crippen MR) is 43.2 cm³/mol. The molecule has 0 N–H and O–H groups in total. The molecule has 0 atom stereocenters. The zero-order chi connectivity index (χ0) is 8.27. The van der Waals surface area contributed by atoms with E-state index in [0.717, 1.165) is 23.4 Å². The van der Waals surface area contributed by atoms with Gasteiger partial charge in [-0.05, 0) is 37.6 Å². The molecule has 0 saturated heterocycles. The van der Waals surface area contributed by atoms with Gasteiger partial charge < -0.3 is 4.42 Å². The van der Waals surface area contributed by atoms with Crippen LogP contribution in [0.25, 0.3) is 5.57 Å². The lowest BCUT2D eigenvalue weighted by atomic mass is 10.2. The summed E-state index contributed by atoms with van der Waals surface area (Å²) in [5, 5.41) is 0. The molecular weight excluding hydrogens is 140 g/mol. The number of aryl methyl sites for hydroxylation is 1. The van der Waals surface area contributed by atoms with Gasteiger partial charge in [-0.15, -0.1) is 0 Å². The molecule has 0 saturated carbocycles. The lowest BCUT2D eigenvalue weighted by Gasteiger charge is -1.91. The topological polar surface area (TPSA) is 30.2 Å². The average molecular weight is 150 g/mol. The van der Waals surface area contributed by atoms with Crippen molar-refractivity contribution in [3.05, 3.63) is 29.7 Å². The van der Waals surface area contributed by atoms with Crippen molar-refractivity contribution in [2.75, 3.05) is 0 Å². The van der Waals surface area contributed by atoms with Gasteiger partial charge in [0.25, 0.3) is 0 Å². The van der Waals surface area contributed by atoms with E-state index in [1.165, 1.54) is 6.08 Å². The Bertz CT molecular complexity index is 282. The first-order valence-corrected chi connectivity index (χ1v) is 3.43. The second kappa shape index (κ2) is 3.19. The molecule has 11 heavy (non-hydrogen) atoms. The lowest BCUT2D eigenvalue weighted by Crippen LogP contribution is -1.73. The van der Waals surface area contributed by atoms with Gasteiger partial charge in [-0.25, -0.2) is 0 Å². The van der Waals surface area contributed by atoms with Crippen LogP contribution in [0.3, 0.4) is 0 Å². The highest BCUT2D eigenvalue weighted by Gasteiger charge is 1.98. The van der Waals surface area contributed by atoms with Crippen molar-refractivity contribution in [2.45, 2.75) is 13.8 Å². The SMILES string of the molecule is C/C(=C/C=O)c1ccc(C)o1. The largest absolute Gasteiger partial charge is 0.462 e. The molecule has 2 nitrogen and oxygen atoms in total. The van der Waals surface area contributed by atoms with Gasteiger partial charge in [0.1, 0.15) is 17.8 Å². The molecule has 0 aliphatic heterocycles. The summed E-state index contributed by atoms with van der Waals surface area (Å²) in [4.78, 5) is 10.1. The minimum Gasteiger partial charge on any atom is -0.462 e. The second-order valence-electron chi connectivity index (χ2n) is 2.40. The van der Waals surface area contributed by atoms with Crippen LogP contribution >= 0.6 is 0 Å². The fourth-order valence-electron chi connectivity index (χ4n) is 0.831. The number of aldehydes is 1. The second-order valence-corrected chi connectivity index (χ2v) is 2.40. The van der Waals surface area contributed by atoms with E-state index >= 15 is 0 Å². The highest BCUT2D eigenvalue weighted by atomic mass is 16.3. The summed E-state index contributed by atoms with van der Waals surface area (Å²) in [5.74, 6) is 1.62. The highest BCUT2D eigenvalue weighted by Crippen LogP contribution is 2.15. The summed E-state index contributed by atoms with van der Waals surface area (Å²) in [6, 6.07) is 3.72. The molecule has 0 aromatic carbocycles. The van der Waals surface area contributed by atoms with E-state index < -0.39 is 0 Å². The first-order chi connectivity index (χ1) is 5.24. The predicted octanol–water partition coefficient (Wildman–Crippen LogP) is 2.19. The molecule has 1 rings (SSSR count). The van der Waals surface area contributed by atoms with E-state index in [0.29, 0.717) is 0 Å². The highest BCUT2D eigenvalue weighted by molar-refractivity contribution is 5.79. The summed E-state index contributed by atoms with van der Waals surface area (Å²) < 4.78 is 5.27. The van der Waals surface area contributed by atoms with Crippen LogP contribution in [-0.2, 0) is 4.79 Å². The normalized spacial score (nSPS) is 11.6. The number of hydrogen-bond acceptors (Lipinski definition) is 2. The third-order valence-electron chi connectivity index (χ3n) is 1.45. The van der Waals surface area contributed by atoms with E-state index in [2.05, 4.69) is 0 Å². The van der Waals surface area contributed by atoms with Gasteiger partial charge >= 0.3 is 0 Å². The molecule has 0 amide bonds. The number of furan rings is 1. The Hall–Kier alpha value is -1.31. The molecule has 0 spiro atoms. The molecule has 0 radical (unpaired) electrons. The van der Waals surface area contributed by atoms with Gasteiger partial charge in [0, 0.05) is 0 Å². The van der Waals surface area contributed by atoms with Gasteiger partial charge in [-0.1, -0.05) is 0 Å². The minimum atomic E-state index is 0.757. The van der Waals surface area contributed by atoms with E-state index in [1.807, 2.05) is 26.0 Å². The number of hydrogen-bond donors (Lipinski definition) is 0. The maximum atomic E-state index is 10.1. The molecule has 1 heterocycles. The Kier molecular flexibility index (Phi) is 2.26. The van der Waals surface area contributed by atoms with Crippen molar-refractivity contribution in [3.8, 4) is 0 Å². The molecule has 0 unspecified atom stereocenters. The van der Waals surface area contributed by atoms with Crippen LogP contribution in [-0.4, -0.2) is 6.29 Å². The van der Waals surface area contributed by atoms with Crippen LogP contribution in [0.4, 0.5) is 0 Å². The number of carbonyl (C=O) groups excluding carboxylic acids is 1. The van der Waals surface area contributed by atoms with Crippen molar-refractivity contribution in [1.29, 1.82) is 0 Å². The monoisotopic (exact) mass is 150 g/mol. The van der Waals surface area contributed by atoms with Crippen molar-refractivity contribution in [2.24, 2.45) is 0 Å². The molecule has 58 valence electrons. The Morgan fingerprint density at radius 1 is 1.55 bits per heavy atom. The quantitative estimate of drug-likeness (QED) is 0.478. The van der Waals surface area contributed by atoms with Crippen LogP contribution in [0.2, 0.25) is 0 Å². The summed E-state index contributed by atoms with van der Waals surface area (Å²) in [6.45, 7) is 3.71. The van der Waals surface area contributed by atoms with Crippen LogP contribution in [0, 0.1) is 6.92 Å². The maximum absolute atomic E-state index is 10.1. The Balaban J connectivity index is 2.93. The summed E-state index contributed by atoms with van der Waals surface area (Å²) in [5.41, 5.74) is 0.855. The van der Waals surface area contributed by atoms with E-state index in [4.69, 9.17) is 4.42 Å². The van der Waals surface area contributed by atoms with Crippen molar-refractivity contribution in [1.82, 2.24) is 0 Å². The molecule has 2 heteroatoms. The van der Waals surface area contributed by atoms with Gasteiger partial charge in [-0.2, -0.15) is 0 Å². The van der Waals surface area contributed by atoms with E-state index in [-0.39, 0.29) is 0 Å². The van der Waals surface area contributed by atoms with Crippen LogP contribution < -0.4 is 0 Å². The molecule has 0 aliphatic carbocycles. The fraction of sp³-hybridized carbons (Fsp3) is 0.222. The number of allylic oxidation sites excluding steroid dienone is 2. The van der Waals surface area contributed by atoms with Gasteiger partial charge in [0.2, 0.25) is 0 Å².